The van der Waals surface area contributed by atoms with Gasteiger partial charge in [-0.25, -0.2) is 0 Å². The van der Waals surface area contributed by atoms with Gasteiger partial charge >= 0.3 is 0 Å². The second-order valence-corrected chi connectivity index (χ2v) is 1.85. The van der Waals surface area contributed by atoms with Crippen LogP contribution in [0.25, 0.3) is 0 Å². The molecule has 0 nitrogen and oxygen atoms in total. The van der Waals surface area contributed by atoms with E-state index >= 15 is 0 Å². The van der Waals surface area contributed by atoms with Crippen LogP contribution in [-0.2, 0) is 0 Å². The van der Waals surface area contributed by atoms with Gasteiger partial charge in [0.2, 0.25) is 0 Å². The highest BCUT2D eigenvalue weighted by Crippen LogP contribution is 2.02. The highest BCUT2D eigenvalue weighted by atomic mass is 13.9. The molecule has 0 fully saturated rings. The van der Waals surface area contributed by atoms with E-state index in [0.29, 0.717) is 0 Å². The molecular formula is C9H7. The lowest BCUT2D eigenvalue weighted by Gasteiger charge is -1.92. The van der Waals surface area contributed by atoms with Gasteiger partial charge in [-0.3, -0.25) is 0 Å². The molecule has 0 heteroatoms. The molecule has 0 saturated carbocycles. The third-order valence-corrected chi connectivity index (χ3v) is 1.22. The highest BCUT2D eigenvalue weighted by Gasteiger charge is 1.88. The summed E-state index contributed by atoms with van der Waals surface area (Å²) in [4.78, 5) is 0. The first-order valence-electron chi connectivity index (χ1n) is 2.78. The molecule has 0 aliphatic heterocycles. The van der Waals surface area contributed by atoms with E-state index in [1.165, 1.54) is 0 Å². The van der Waals surface area contributed by atoms with Crippen LogP contribution in [0.15, 0.2) is 18.2 Å². The zero-order valence-electron chi connectivity index (χ0n) is 5.31. The van der Waals surface area contributed by atoms with Gasteiger partial charge in [-0.05, 0) is 24.6 Å². The van der Waals surface area contributed by atoms with Crippen LogP contribution in [0.4, 0.5) is 0 Å². The molecular weight excluding hydrogens is 108 g/mol. The van der Waals surface area contributed by atoms with Crippen molar-refractivity contribution < 1.29 is 0 Å². The Balaban J connectivity index is 3.20. The van der Waals surface area contributed by atoms with Gasteiger partial charge in [0, 0.05) is 5.56 Å². The predicted molar refractivity (Wildman–Crippen MR) is 38.0 cm³/mol. The molecule has 0 atom stereocenters. The van der Waals surface area contributed by atoms with Crippen molar-refractivity contribution in [3.05, 3.63) is 35.4 Å². The van der Waals surface area contributed by atoms with Crippen molar-refractivity contribution in [1.29, 1.82) is 0 Å². The maximum absolute atomic E-state index is 5.18. The third-order valence-electron chi connectivity index (χ3n) is 1.22. The minimum atomic E-state index is 0.928. The van der Waals surface area contributed by atoms with Crippen LogP contribution in [0.1, 0.15) is 11.1 Å². The van der Waals surface area contributed by atoms with E-state index in [0.717, 1.165) is 11.1 Å². The second-order valence-electron chi connectivity index (χ2n) is 1.85. The van der Waals surface area contributed by atoms with E-state index in [4.69, 9.17) is 6.42 Å². The summed E-state index contributed by atoms with van der Waals surface area (Å²) < 4.78 is 0. The fourth-order valence-electron chi connectivity index (χ4n) is 0.677. The second kappa shape index (κ2) is 2.37. The fourth-order valence-corrected chi connectivity index (χ4v) is 0.677. The van der Waals surface area contributed by atoms with Crippen LogP contribution in [0.3, 0.4) is 0 Å². The number of hydrogen-bond donors (Lipinski definition) is 0. The summed E-state index contributed by atoms with van der Waals surface area (Å²) in [7, 11) is 0. The Bertz CT molecular complexity index is 240. The maximum atomic E-state index is 5.18. The Labute approximate surface area is 55.5 Å². The smallest absolute Gasteiger partial charge is 0.0277 e. The molecule has 0 aliphatic rings. The predicted octanol–water partition coefficient (Wildman–Crippen LogP) is 1.78. The van der Waals surface area contributed by atoms with Crippen molar-refractivity contribution in [2.24, 2.45) is 0 Å². The lowest BCUT2D eigenvalue weighted by Crippen LogP contribution is -1.78. The number of benzene rings is 1. The first kappa shape index (κ1) is 5.91. The molecule has 0 spiro atoms. The van der Waals surface area contributed by atoms with Crippen molar-refractivity contribution in [2.75, 3.05) is 0 Å². The third kappa shape index (κ3) is 1.12. The summed E-state index contributed by atoms with van der Waals surface area (Å²) in [6, 6.07) is 8.67. The SMILES string of the molecule is C#Cc1ccc[c]c1C. The van der Waals surface area contributed by atoms with Crippen molar-refractivity contribution in [3.8, 4) is 12.3 Å². The average Bonchev–Trinajstić information content (AvgIpc) is 1.89. The van der Waals surface area contributed by atoms with E-state index < -0.39 is 0 Å². The standard InChI is InChI=1S/C9H7/c1-3-9-7-5-4-6-8(9)2/h1,4-5,7H,2H3. The van der Waals surface area contributed by atoms with Crippen LogP contribution in [0.5, 0.6) is 0 Å². The van der Waals surface area contributed by atoms with Crippen LogP contribution in [0.2, 0.25) is 0 Å². The summed E-state index contributed by atoms with van der Waals surface area (Å²) in [5.74, 6) is 2.56. The maximum Gasteiger partial charge on any atom is 0.0277 e. The molecule has 0 saturated heterocycles. The normalized spacial score (nSPS) is 8.44. The molecule has 0 heterocycles. The summed E-state index contributed by atoms with van der Waals surface area (Å²) in [6.07, 6.45) is 5.18. The molecule has 0 bridgehead atoms. The van der Waals surface area contributed by atoms with Gasteiger partial charge in [-0.2, -0.15) is 0 Å². The molecule has 9 heavy (non-hydrogen) atoms. The van der Waals surface area contributed by atoms with Crippen molar-refractivity contribution in [1.82, 2.24) is 0 Å². The lowest BCUT2D eigenvalue weighted by molar-refractivity contribution is 1.43. The van der Waals surface area contributed by atoms with Gasteiger partial charge in [-0.15, -0.1) is 6.42 Å². The van der Waals surface area contributed by atoms with Gasteiger partial charge in [0.1, 0.15) is 0 Å². The Kier molecular flexibility index (Phi) is 1.55. The molecule has 0 aromatic heterocycles. The van der Waals surface area contributed by atoms with Gasteiger partial charge < -0.3 is 0 Å². The van der Waals surface area contributed by atoms with Gasteiger partial charge in [0.05, 0.1) is 0 Å². The number of hydrogen-bond acceptors (Lipinski definition) is 0. The summed E-state index contributed by atoms with van der Waals surface area (Å²) in [6.45, 7) is 1.95. The van der Waals surface area contributed by atoms with Crippen molar-refractivity contribution in [2.45, 2.75) is 6.92 Å². The van der Waals surface area contributed by atoms with Crippen molar-refractivity contribution in [3.63, 3.8) is 0 Å². The van der Waals surface area contributed by atoms with Gasteiger partial charge in [0.15, 0.2) is 0 Å². The lowest BCUT2D eigenvalue weighted by atomic mass is 10.1. The molecule has 0 N–H and O–H groups in total. The van der Waals surface area contributed by atoms with Crippen LogP contribution in [0, 0.1) is 25.3 Å². The summed E-state index contributed by atoms with van der Waals surface area (Å²) in [5, 5.41) is 0. The topological polar surface area (TPSA) is 0 Å². The molecule has 43 valence electrons. The summed E-state index contributed by atoms with van der Waals surface area (Å²) in [5.41, 5.74) is 1.97. The van der Waals surface area contributed by atoms with Crippen LogP contribution < -0.4 is 0 Å². The Morgan fingerprint density at radius 3 is 2.89 bits per heavy atom. The molecule has 0 aliphatic carbocycles. The van der Waals surface area contributed by atoms with E-state index in [1.807, 2.05) is 25.1 Å². The van der Waals surface area contributed by atoms with E-state index in [-0.39, 0.29) is 0 Å². The zero-order chi connectivity index (χ0) is 6.69. The molecule has 1 aromatic carbocycles. The number of aryl methyl sites for hydroxylation is 1. The van der Waals surface area contributed by atoms with Gasteiger partial charge in [0.25, 0.3) is 0 Å². The van der Waals surface area contributed by atoms with Crippen LogP contribution >= 0.6 is 0 Å². The van der Waals surface area contributed by atoms with E-state index in [9.17, 15) is 0 Å². The zero-order valence-corrected chi connectivity index (χ0v) is 5.31. The first-order chi connectivity index (χ1) is 4.34. The van der Waals surface area contributed by atoms with Gasteiger partial charge in [-0.1, -0.05) is 18.1 Å². The largest absolute Gasteiger partial charge is 0.115 e. The van der Waals surface area contributed by atoms with E-state index in [1.54, 1.807) is 0 Å². The number of terminal acetylenes is 1. The molecule has 0 amide bonds. The number of rotatable bonds is 0. The Hall–Kier alpha value is -1.22. The fraction of sp³-hybridized carbons (Fsp3) is 0.111. The van der Waals surface area contributed by atoms with E-state index in [2.05, 4.69) is 12.0 Å². The molecule has 0 unspecified atom stereocenters. The quantitative estimate of drug-likeness (QED) is 0.452. The monoisotopic (exact) mass is 115 g/mol. The summed E-state index contributed by atoms with van der Waals surface area (Å²) >= 11 is 0. The Morgan fingerprint density at radius 1 is 1.67 bits per heavy atom. The molecule has 1 aromatic rings. The minimum Gasteiger partial charge on any atom is -0.115 e. The first-order valence-corrected chi connectivity index (χ1v) is 2.78. The van der Waals surface area contributed by atoms with Crippen molar-refractivity contribution >= 4 is 0 Å². The Morgan fingerprint density at radius 2 is 2.44 bits per heavy atom. The molecule has 1 radical (unpaired) electrons. The highest BCUT2D eigenvalue weighted by molar-refractivity contribution is 5.37. The average molecular weight is 115 g/mol. The molecule has 1 rings (SSSR count). The van der Waals surface area contributed by atoms with Crippen LogP contribution in [-0.4, -0.2) is 0 Å². The minimum absolute atomic E-state index is 0.928.